The molecule has 2 N–H and O–H groups in total. The van der Waals surface area contributed by atoms with Gasteiger partial charge in [0.25, 0.3) is 0 Å². The van der Waals surface area contributed by atoms with E-state index in [2.05, 4.69) is 5.32 Å². The van der Waals surface area contributed by atoms with Crippen LogP contribution in [0.25, 0.3) is 0 Å². The molecule has 0 aromatic heterocycles. The minimum absolute atomic E-state index is 0.305. The van der Waals surface area contributed by atoms with Gasteiger partial charge in [0.15, 0.2) is 11.6 Å². The lowest BCUT2D eigenvalue weighted by Crippen LogP contribution is -2.43. The van der Waals surface area contributed by atoms with Crippen LogP contribution in [0.4, 0.5) is 8.78 Å². The lowest BCUT2D eigenvalue weighted by molar-refractivity contribution is 0.00291. The van der Waals surface area contributed by atoms with E-state index in [4.69, 9.17) is 0 Å². The Morgan fingerprint density at radius 2 is 1.95 bits per heavy atom. The minimum atomic E-state index is -0.831. The first-order valence-corrected chi connectivity index (χ1v) is 6.91. The van der Waals surface area contributed by atoms with Gasteiger partial charge in [0.05, 0.1) is 5.60 Å². The highest BCUT2D eigenvalue weighted by atomic mass is 19.2. The van der Waals surface area contributed by atoms with Gasteiger partial charge in [0.1, 0.15) is 0 Å². The SMILES string of the molecule is CC(NCC1(O)CCCCC1)c1cccc(F)c1F. The van der Waals surface area contributed by atoms with E-state index in [0.717, 1.165) is 38.2 Å². The molecular weight excluding hydrogens is 248 g/mol. The van der Waals surface area contributed by atoms with Gasteiger partial charge >= 0.3 is 0 Å². The monoisotopic (exact) mass is 269 g/mol. The van der Waals surface area contributed by atoms with E-state index in [1.165, 1.54) is 6.07 Å². The van der Waals surface area contributed by atoms with E-state index >= 15 is 0 Å². The lowest BCUT2D eigenvalue weighted by Gasteiger charge is -2.33. The fraction of sp³-hybridized carbons (Fsp3) is 0.600. The van der Waals surface area contributed by atoms with Crippen LogP contribution in [0.15, 0.2) is 18.2 Å². The topological polar surface area (TPSA) is 32.3 Å². The van der Waals surface area contributed by atoms with E-state index in [-0.39, 0.29) is 6.04 Å². The van der Waals surface area contributed by atoms with Crippen molar-refractivity contribution in [2.75, 3.05) is 6.54 Å². The molecule has 0 amide bonds. The molecule has 0 spiro atoms. The molecule has 2 rings (SSSR count). The molecule has 1 aliphatic carbocycles. The Labute approximate surface area is 112 Å². The lowest BCUT2D eigenvalue weighted by atomic mass is 9.84. The van der Waals surface area contributed by atoms with Crippen LogP contribution in [0.5, 0.6) is 0 Å². The Morgan fingerprint density at radius 1 is 1.26 bits per heavy atom. The van der Waals surface area contributed by atoms with Crippen molar-refractivity contribution in [2.45, 2.75) is 50.7 Å². The maximum Gasteiger partial charge on any atom is 0.163 e. The summed E-state index contributed by atoms with van der Waals surface area (Å²) in [5, 5.41) is 13.5. The molecule has 0 aliphatic heterocycles. The normalized spacial score (nSPS) is 20.2. The second kappa shape index (κ2) is 5.97. The van der Waals surface area contributed by atoms with Gasteiger partial charge in [-0.05, 0) is 25.8 Å². The van der Waals surface area contributed by atoms with E-state index in [1.807, 2.05) is 0 Å². The predicted octanol–water partition coefficient (Wildman–Crippen LogP) is 3.31. The molecule has 1 saturated carbocycles. The summed E-state index contributed by atoms with van der Waals surface area (Å²) >= 11 is 0. The number of rotatable bonds is 4. The zero-order chi connectivity index (χ0) is 13.9. The largest absolute Gasteiger partial charge is 0.389 e. The average molecular weight is 269 g/mol. The van der Waals surface area contributed by atoms with E-state index in [1.54, 1.807) is 13.0 Å². The van der Waals surface area contributed by atoms with Crippen molar-refractivity contribution in [3.8, 4) is 0 Å². The zero-order valence-corrected chi connectivity index (χ0v) is 11.3. The fourth-order valence-corrected chi connectivity index (χ4v) is 2.69. The number of hydrogen-bond acceptors (Lipinski definition) is 2. The van der Waals surface area contributed by atoms with Crippen LogP contribution in [-0.4, -0.2) is 17.3 Å². The van der Waals surface area contributed by atoms with Crippen LogP contribution in [-0.2, 0) is 0 Å². The highest BCUT2D eigenvalue weighted by Gasteiger charge is 2.29. The van der Waals surface area contributed by atoms with Crippen LogP contribution in [0.3, 0.4) is 0 Å². The molecule has 1 unspecified atom stereocenters. The van der Waals surface area contributed by atoms with Crippen molar-refractivity contribution in [3.63, 3.8) is 0 Å². The molecule has 4 heteroatoms. The van der Waals surface area contributed by atoms with Crippen molar-refractivity contribution >= 4 is 0 Å². The number of aliphatic hydroxyl groups is 1. The zero-order valence-electron chi connectivity index (χ0n) is 11.3. The second-order valence-electron chi connectivity index (χ2n) is 5.53. The maximum absolute atomic E-state index is 13.6. The summed E-state index contributed by atoms with van der Waals surface area (Å²) < 4.78 is 26.8. The van der Waals surface area contributed by atoms with Crippen LogP contribution < -0.4 is 5.32 Å². The van der Waals surface area contributed by atoms with Gasteiger partial charge in [-0.15, -0.1) is 0 Å². The van der Waals surface area contributed by atoms with Crippen molar-refractivity contribution in [2.24, 2.45) is 0 Å². The fourth-order valence-electron chi connectivity index (χ4n) is 2.69. The van der Waals surface area contributed by atoms with Gasteiger partial charge in [-0.25, -0.2) is 8.78 Å². The van der Waals surface area contributed by atoms with Crippen molar-refractivity contribution < 1.29 is 13.9 Å². The molecular formula is C15H21F2NO. The first kappa shape index (κ1) is 14.4. The molecule has 0 radical (unpaired) electrons. The summed E-state index contributed by atoms with van der Waals surface area (Å²) in [6.45, 7) is 2.20. The van der Waals surface area contributed by atoms with Crippen LogP contribution in [0.2, 0.25) is 0 Å². The smallest absolute Gasteiger partial charge is 0.163 e. The average Bonchev–Trinajstić information content (AvgIpc) is 2.40. The Balaban J connectivity index is 1.97. The standard InChI is InChI=1S/C15H21F2NO/c1-11(12-6-5-7-13(16)14(12)17)18-10-15(19)8-3-2-4-9-15/h5-7,11,18-19H,2-4,8-10H2,1H3. The summed E-state index contributed by atoms with van der Waals surface area (Å²) in [5.41, 5.74) is -0.393. The third-order valence-electron chi connectivity index (χ3n) is 3.97. The van der Waals surface area contributed by atoms with Crippen molar-refractivity contribution in [1.29, 1.82) is 0 Å². The van der Waals surface area contributed by atoms with Gasteiger partial charge in [-0.3, -0.25) is 0 Å². The quantitative estimate of drug-likeness (QED) is 0.879. The second-order valence-corrected chi connectivity index (χ2v) is 5.53. The van der Waals surface area contributed by atoms with Gasteiger partial charge in [-0.1, -0.05) is 31.4 Å². The maximum atomic E-state index is 13.6. The number of benzene rings is 1. The Kier molecular flexibility index (Phi) is 4.53. The van der Waals surface area contributed by atoms with Crippen LogP contribution in [0.1, 0.15) is 50.6 Å². The van der Waals surface area contributed by atoms with Crippen molar-refractivity contribution in [3.05, 3.63) is 35.4 Å². The molecule has 1 atom stereocenters. The number of hydrogen-bond donors (Lipinski definition) is 2. The molecule has 0 bridgehead atoms. The summed E-state index contributed by atoms with van der Waals surface area (Å²) in [4.78, 5) is 0. The summed E-state index contributed by atoms with van der Waals surface area (Å²) in [6.07, 6.45) is 4.77. The van der Waals surface area contributed by atoms with Gasteiger partial charge < -0.3 is 10.4 Å². The van der Waals surface area contributed by atoms with Gasteiger partial charge in [0, 0.05) is 18.2 Å². The van der Waals surface area contributed by atoms with E-state index in [9.17, 15) is 13.9 Å². The molecule has 1 aromatic carbocycles. The number of nitrogens with one attached hydrogen (secondary N) is 1. The van der Waals surface area contributed by atoms with Crippen LogP contribution >= 0.6 is 0 Å². The third kappa shape index (κ3) is 3.51. The first-order valence-electron chi connectivity index (χ1n) is 6.91. The van der Waals surface area contributed by atoms with Gasteiger partial charge in [-0.2, -0.15) is 0 Å². The molecule has 0 heterocycles. The molecule has 1 fully saturated rings. The predicted molar refractivity (Wildman–Crippen MR) is 70.8 cm³/mol. The molecule has 2 nitrogen and oxygen atoms in total. The summed E-state index contributed by atoms with van der Waals surface area (Å²) in [7, 11) is 0. The minimum Gasteiger partial charge on any atom is -0.389 e. The summed E-state index contributed by atoms with van der Waals surface area (Å²) in [6, 6.07) is 3.87. The highest BCUT2D eigenvalue weighted by Crippen LogP contribution is 2.28. The Hall–Kier alpha value is -1.00. The summed E-state index contributed by atoms with van der Waals surface area (Å²) in [5.74, 6) is -1.64. The molecule has 19 heavy (non-hydrogen) atoms. The Bertz CT molecular complexity index is 430. The first-order chi connectivity index (χ1) is 9.02. The third-order valence-corrected chi connectivity index (χ3v) is 3.97. The molecule has 1 aliphatic rings. The Morgan fingerprint density at radius 3 is 2.63 bits per heavy atom. The van der Waals surface area contributed by atoms with Gasteiger partial charge in [0.2, 0.25) is 0 Å². The van der Waals surface area contributed by atoms with E-state index in [0.29, 0.717) is 12.1 Å². The highest BCUT2D eigenvalue weighted by molar-refractivity contribution is 5.22. The number of halogens is 2. The molecule has 106 valence electrons. The van der Waals surface area contributed by atoms with Crippen molar-refractivity contribution in [1.82, 2.24) is 5.32 Å². The molecule has 1 aromatic rings. The van der Waals surface area contributed by atoms with Crippen LogP contribution in [0, 0.1) is 11.6 Å². The molecule has 0 saturated heterocycles. The van der Waals surface area contributed by atoms with E-state index < -0.39 is 17.2 Å².